The summed E-state index contributed by atoms with van der Waals surface area (Å²) in [5, 5.41) is 11.1. The smallest absolute Gasteiger partial charge is 0.244 e. The van der Waals surface area contributed by atoms with Gasteiger partial charge in [-0.15, -0.1) is 0 Å². The number of carbonyl (C=O) groups excluding carboxylic acids is 1. The predicted octanol–water partition coefficient (Wildman–Crippen LogP) is 1.88. The molecule has 1 aromatic carbocycles. The molecular weight excluding hydrogens is 280 g/mol. The maximum absolute atomic E-state index is 13.5. The fourth-order valence-corrected chi connectivity index (χ4v) is 1.69. The van der Waals surface area contributed by atoms with Crippen molar-refractivity contribution in [3.05, 3.63) is 41.5 Å². The fraction of sp³-hybridized carbons (Fsp3) is 0.400. The second kappa shape index (κ2) is 9.20. The van der Waals surface area contributed by atoms with Crippen LogP contribution in [0.4, 0.5) is 8.78 Å². The van der Waals surface area contributed by atoms with Crippen LogP contribution >= 0.6 is 0 Å². The number of hydrogen-bond acceptors (Lipinski definition) is 3. The van der Waals surface area contributed by atoms with E-state index in [1.807, 2.05) is 0 Å². The monoisotopic (exact) mass is 299 g/mol. The molecule has 1 amide bonds. The molecule has 1 aromatic rings. The summed E-state index contributed by atoms with van der Waals surface area (Å²) in [6, 6.07) is 3.22. The van der Waals surface area contributed by atoms with Gasteiger partial charge in [-0.1, -0.05) is 0 Å². The SMILES string of the molecule is C/C(=C/C(=O)NCCCOCCO)c1ccc(F)cc1F. The van der Waals surface area contributed by atoms with E-state index in [2.05, 4.69) is 5.32 Å². The Bertz CT molecular complexity index is 504. The van der Waals surface area contributed by atoms with Crippen LogP contribution in [-0.2, 0) is 9.53 Å². The van der Waals surface area contributed by atoms with Crippen LogP contribution in [0.25, 0.3) is 5.57 Å². The molecule has 0 atom stereocenters. The van der Waals surface area contributed by atoms with Gasteiger partial charge in [-0.25, -0.2) is 8.78 Å². The molecule has 0 saturated heterocycles. The maximum atomic E-state index is 13.5. The third-order valence-corrected chi connectivity index (χ3v) is 2.70. The first-order valence-corrected chi connectivity index (χ1v) is 6.64. The Morgan fingerprint density at radius 3 is 2.81 bits per heavy atom. The first-order valence-electron chi connectivity index (χ1n) is 6.64. The van der Waals surface area contributed by atoms with Crippen LogP contribution in [0.15, 0.2) is 24.3 Å². The van der Waals surface area contributed by atoms with E-state index in [0.29, 0.717) is 25.1 Å². The molecule has 0 unspecified atom stereocenters. The highest BCUT2D eigenvalue weighted by molar-refractivity contribution is 5.94. The van der Waals surface area contributed by atoms with Gasteiger partial charge in [-0.3, -0.25) is 4.79 Å². The molecule has 116 valence electrons. The summed E-state index contributed by atoms with van der Waals surface area (Å²) in [4.78, 5) is 11.6. The molecule has 6 heteroatoms. The minimum Gasteiger partial charge on any atom is -0.394 e. The summed E-state index contributed by atoms with van der Waals surface area (Å²) in [5.74, 6) is -1.70. The molecule has 0 bridgehead atoms. The largest absolute Gasteiger partial charge is 0.394 e. The number of amides is 1. The average molecular weight is 299 g/mol. The van der Waals surface area contributed by atoms with E-state index in [0.717, 1.165) is 12.1 Å². The van der Waals surface area contributed by atoms with Gasteiger partial charge in [0.1, 0.15) is 11.6 Å². The number of ether oxygens (including phenoxy) is 1. The van der Waals surface area contributed by atoms with Crippen LogP contribution in [0, 0.1) is 11.6 Å². The highest BCUT2D eigenvalue weighted by Crippen LogP contribution is 2.18. The Hall–Kier alpha value is -1.79. The summed E-state index contributed by atoms with van der Waals surface area (Å²) in [7, 11) is 0. The normalized spacial score (nSPS) is 11.5. The molecule has 2 N–H and O–H groups in total. The molecule has 0 fully saturated rings. The van der Waals surface area contributed by atoms with Crippen molar-refractivity contribution >= 4 is 11.5 Å². The lowest BCUT2D eigenvalue weighted by Gasteiger charge is -2.06. The van der Waals surface area contributed by atoms with E-state index in [1.165, 1.54) is 12.1 Å². The van der Waals surface area contributed by atoms with Gasteiger partial charge < -0.3 is 15.2 Å². The molecule has 1 rings (SSSR count). The van der Waals surface area contributed by atoms with Crippen molar-refractivity contribution < 1.29 is 23.4 Å². The number of benzene rings is 1. The van der Waals surface area contributed by atoms with Gasteiger partial charge in [0.15, 0.2) is 0 Å². The van der Waals surface area contributed by atoms with Gasteiger partial charge in [0.25, 0.3) is 0 Å². The molecule has 0 aliphatic heterocycles. The van der Waals surface area contributed by atoms with Crippen molar-refractivity contribution in [3.63, 3.8) is 0 Å². The lowest BCUT2D eigenvalue weighted by molar-refractivity contribution is -0.116. The zero-order chi connectivity index (χ0) is 15.7. The first-order chi connectivity index (χ1) is 10.0. The molecule has 0 aromatic heterocycles. The first kappa shape index (κ1) is 17.3. The van der Waals surface area contributed by atoms with Crippen molar-refractivity contribution in [1.29, 1.82) is 0 Å². The van der Waals surface area contributed by atoms with Crippen LogP contribution in [-0.4, -0.2) is 37.4 Å². The van der Waals surface area contributed by atoms with Crippen molar-refractivity contribution in [2.75, 3.05) is 26.4 Å². The van der Waals surface area contributed by atoms with Gasteiger partial charge >= 0.3 is 0 Å². The standard InChI is InChI=1S/C15H19F2NO3/c1-11(13-4-3-12(16)10-14(13)17)9-15(20)18-5-2-7-21-8-6-19/h3-4,9-10,19H,2,5-8H2,1H3,(H,18,20)/b11-9-. The van der Waals surface area contributed by atoms with Gasteiger partial charge in [-0.2, -0.15) is 0 Å². The number of carbonyl (C=O) groups is 1. The van der Waals surface area contributed by atoms with Crippen molar-refractivity contribution in [2.24, 2.45) is 0 Å². The van der Waals surface area contributed by atoms with Crippen molar-refractivity contribution in [1.82, 2.24) is 5.32 Å². The van der Waals surface area contributed by atoms with Crippen LogP contribution in [0.1, 0.15) is 18.9 Å². The zero-order valence-electron chi connectivity index (χ0n) is 11.9. The van der Waals surface area contributed by atoms with Crippen LogP contribution in [0.2, 0.25) is 0 Å². The molecule has 0 radical (unpaired) electrons. The fourth-order valence-electron chi connectivity index (χ4n) is 1.69. The third kappa shape index (κ3) is 6.46. The lowest BCUT2D eigenvalue weighted by atomic mass is 10.1. The number of aliphatic hydroxyl groups is 1. The lowest BCUT2D eigenvalue weighted by Crippen LogP contribution is -2.23. The number of nitrogens with one attached hydrogen (secondary N) is 1. The number of halogens is 2. The Morgan fingerprint density at radius 2 is 2.14 bits per heavy atom. The Labute approximate surface area is 122 Å². The van der Waals surface area contributed by atoms with Crippen molar-refractivity contribution in [3.8, 4) is 0 Å². The number of aliphatic hydroxyl groups excluding tert-OH is 1. The third-order valence-electron chi connectivity index (χ3n) is 2.70. The number of allylic oxidation sites excluding steroid dienone is 1. The molecule has 0 heterocycles. The Balaban J connectivity index is 2.44. The number of hydrogen-bond donors (Lipinski definition) is 2. The topological polar surface area (TPSA) is 58.6 Å². The van der Waals surface area contributed by atoms with Crippen LogP contribution in [0.3, 0.4) is 0 Å². The molecule has 0 spiro atoms. The van der Waals surface area contributed by atoms with Crippen LogP contribution < -0.4 is 5.32 Å². The highest BCUT2D eigenvalue weighted by Gasteiger charge is 2.07. The van der Waals surface area contributed by atoms with Crippen molar-refractivity contribution in [2.45, 2.75) is 13.3 Å². The summed E-state index contributed by atoms with van der Waals surface area (Å²) < 4.78 is 31.4. The summed E-state index contributed by atoms with van der Waals surface area (Å²) >= 11 is 0. The van der Waals surface area contributed by atoms with E-state index >= 15 is 0 Å². The Kier molecular flexibility index (Phi) is 7.56. The molecule has 4 nitrogen and oxygen atoms in total. The molecule has 0 aliphatic carbocycles. The van der Waals surface area contributed by atoms with Gasteiger partial charge in [0, 0.05) is 30.9 Å². The molecular formula is C15H19F2NO3. The van der Waals surface area contributed by atoms with E-state index in [9.17, 15) is 13.6 Å². The van der Waals surface area contributed by atoms with E-state index in [1.54, 1.807) is 6.92 Å². The predicted molar refractivity (Wildman–Crippen MR) is 75.5 cm³/mol. The van der Waals surface area contributed by atoms with E-state index in [4.69, 9.17) is 9.84 Å². The van der Waals surface area contributed by atoms with Crippen LogP contribution in [0.5, 0.6) is 0 Å². The van der Waals surface area contributed by atoms with Gasteiger partial charge in [0.05, 0.1) is 13.2 Å². The molecule has 0 aliphatic rings. The molecule has 21 heavy (non-hydrogen) atoms. The summed E-state index contributed by atoms with van der Waals surface area (Å²) in [6.45, 7) is 2.69. The minimum absolute atomic E-state index is 0.0302. The quantitative estimate of drug-likeness (QED) is 0.569. The molecule has 0 saturated carbocycles. The maximum Gasteiger partial charge on any atom is 0.244 e. The highest BCUT2D eigenvalue weighted by atomic mass is 19.1. The van der Waals surface area contributed by atoms with Gasteiger partial charge in [0.2, 0.25) is 5.91 Å². The zero-order valence-corrected chi connectivity index (χ0v) is 11.9. The minimum atomic E-state index is -0.700. The summed E-state index contributed by atoms with van der Waals surface area (Å²) in [6.07, 6.45) is 1.88. The Morgan fingerprint density at radius 1 is 1.38 bits per heavy atom. The van der Waals surface area contributed by atoms with E-state index in [-0.39, 0.29) is 24.7 Å². The summed E-state index contributed by atoms with van der Waals surface area (Å²) in [5.41, 5.74) is 0.611. The van der Waals surface area contributed by atoms with E-state index < -0.39 is 11.6 Å². The average Bonchev–Trinajstić information content (AvgIpc) is 2.42. The number of rotatable bonds is 8. The second-order valence-electron chi connectivity index (χ2n) is 4.43. The second-order valence-corrected chi connectivity index (χ2v) is 4.43. The van der Waals surface area contributed by atoms with Gasteiger partial charge in [-0.05, 0) is 31.1 Å².